The summed E-state index contributed by atoms with van der Waals surface area (Å²) in [5.74, 6) is 0.997. The number of fused-ring (bicyclic) bond motifs is 2. The summed E-state index contributed by atoms with van der Waals surface area (Å²) in [5.41, 5.74) is 2.59. The van der Waals surface area contributed by atoms with Crippen molar-refractivity contribution in [2.75, 3.05) is 5.32 Å². The molecule has 3 heterocycles. The number of amides is 1. The van der Waals surface area contributed by atoms with Crippen LogP contribution in [0.3, 0.4) is 0 Å². The Morgan fingerprint density at radius 1 is 1.11 bits per heavy atom. The molecule has 2 aromatic heterocycles. The number of hydrogen-bond donors (Lipinski definition) is 1. The third-order valence-electron chi connectivity index (χ3n) is 4.64. The topological polar surface area (TPSA) is 64.9 Å². The van der Waals surface area contributed by atoms with Crippen molar-refractivity contribution in [2.24, 2.45) is 0 Å². The molecule has 0 radical (unpaired) electrons. The van der Waals surface area contributed by atoms with Crippen LogP contribution in [0.25, 0.3) is 16.2 Å². The highest BCUT2D eigenvalue weighted by Gasteiger charge is 2.34. The molecule has 2 aromatic carbocycles. The number of nitrogens with one attached hydrogen (secondary N) is 1. The van der Waals surface area contributed by atoms with Crippen molar-refractivity contribution in [3.63, 3.8) is 0 Å². The number of anilines is 1. The molecule has 4 aromatic rings. The predicted molar refractivity (Wildman–Crippen MR) is 108 cm³/mol. The minimum absolute atomic E-state index is 0.239. The summed E-state index contributed by atoms with van der Waals surface area (Å²) >= 11 is 1.59. The van der Waals surface area contributed by atoms with Gasteiger partial charge in [0.1, 0.15) is 6.10 Å². The van der Waals surface area contributed by atoms with E-state index < -0.39 is 6.10 Å². The van der Waals surface area contributed by atoms with Gasteiger partial charge >= 0.3 is 0 Å². The van der Waals surface area contributed by atoms with Gasteiger partial charge in [-0.1, -0.05) is 24.3 Å². The van der Waals surface area contributed by atoms with E-state index in [-0.39, 0.29) is 12.0 Å². The molecule has 0 aliphatic carbocycles. The molecule has 0 saturated carbocycles. The van der Waals surface area contributed by atoms with Crippen LogP contribution in [0.15, 0.2) is 66.3 Å². The molecule has 0 saturated heterocycles. The number of para-hydroxylation sites is 2. The Morgan fingerprint density at radius 2 is 1.86 bits per heavy atom. The Balaban J connectivity index is 1.31. The first-order chi connectivity index (χ1) is 13.7. The van der Waals surface area contributed by atoms with E-state index in [1.165, 1.54) is 0 Å². The number of hydrogen-bond acceptors (Lipinski definition) is 5. The summed E-state index contributed by atoms with van der Waals surface area (Å²) in [6.07, 6.45) is 2.88. The minimum Gasteiger partial charge on any atom is -0.482 e. The van der Waals surface area contributed by atoms with Gasteiger partial charge in [0.25, 0.3) is 5.91 Å². The predicted octanol–water partition coefficient (Wildman–Crippen LogP) is 4.23. The molecule has 0 bridgehead atoms. The van der Waals surface area contributed by atoms with E-state index in [0.717, 1.165) is 16.2 Å². The summed E-state index contributed by atoms with van der Waals surface area (Å²) in [6.45, 7) is 1.83. The van der Waals surface area contributed by atoms with Gasteiger partial charge in [0.15, 0.2) is 16.5 Å². The highest BCUT2D eigenvalue weighted by molar-refractivity contribution is 7.15. The number of ether oxygens (including phenoxy) is 2. The average Bonchev–Trinajstić information content (AvgIpc) is 3.30. The molecule has 1 N–H and O–H groups in total. The van der Waals surface area contributed by atoms with E-state index in [1.54, 1.807) is 17.4 Å². The van der Waals surface area contributed by atoms with Crippen molar-refractivity contribution < 1.29 is 14.3 Å². The number of imidazole rings is 1. The molecule has 2 unspecified atom stereocenters. The monoisotopic (exact) mass is 391 g/mol. The van der Waals surface area contributed by atoms with Crippen LogP contribution in [0.5, 0.6) is 11.5 Å². The second-order valence-electron chi connectivity index (χ2n) is 6.59. The van der Waals surface area contributed by atoms with Crippen LogP contribution in [0.4, 0.5) is 5.69 Å². The van der Waals surface area contributed by atoms with Crippen LogP contribution in [0, 0.1) is 0 Å². The normalized spacial score (nSPS) is 18.2. The number of benzene rings is 2. The van der Waals surface area contributed by atoms with E-state index in [1.807, 2.05) is 71.6 Å². The number of rotatable bonds is 3. The van der Waals surface area contributed by atoms with Gasteiger partial charge in [0.2, 0.25) is 6.10 Å². The lowest BCUT2D eigenvalue weighted by Gasteiger charge is -2.31. The number of aromatic nitrogens is 2. The first-order valence-electron chi connectivity index (χ1n) is 8.93. The highest BCUT2D eigenvalue weighted by Crippen LogP contribution is 2.33. The van der Waals surface area contributed by atoms with E-state index in [0.29, 0.717) is 17.2 Å². The summed E-state index contributed by atoms with van der Waals surface area (Å²) in [7, 11) is 0. The fourth-order valence-electron chi connectivity index (χ4n) is 3.21. The Hall–Kier alpha value is -3.32. The summed E-state index contributed by atoms with van der Waals surface area (Å²) < 4.78 is 13.6. The molecular weight excluding hydrogens is 374 g/mol. The molecule has 6 nitrogen and oxygen atoms in total. The zero-order valence-electron chi connectivity index (χ0n) is 15.0. The standard InChI is InChI=1S/C21H17N3O3S/c1-13-19(27-18-5-3-2-4-17(18)26-13)20(25)22-15-8-6-14(7-9-15)16-12-24-10-11-28-21(24)23-16/h2-13,19H,1H3,(H,22,25). The third kappa shape index (κ3) is 2.99. The van der Waals surface area contributed by atoms with Gasteiger partial charge < -0.3 is 14.8 Å². The molecule has 1 amide bonds. The number of carbonyl (C=O) groups excluding carboxylic acids is 1. The van der Waals surface area contributed by atoms with Crippen LogP contribution in [-0.2, 0) is 4.79 Å². The molecule has 0 fully saturated rings. The third-order valence-corrected chi connectivity index (χ3v) is 5.41. The Kier molecular flexibility index (Phi) is 4.02. The SMILES string of the molecule is CC1Oc2ccccc2OC1C(=O)Nc1ccc(-c2cn3ccsc3n2)cc1. The Bertz CT molecular complexity index is 1120. The average molecular weight is 391 g/mol. The van der Waals surface area contributed by atoms with Crippen LogP contribution in [0.2, 0.25) is 0 Å². The van der Waals surface area contributed by atoms with Gasteiger partial charge in [-0.2, -0.15) is 0 Å². The van der Waals surface area contributed by atoms with Gasteiger partial charge in [0.05, 0.1) is 5.69 Å². The maximum absolute atomic E-state index is 12.7. The molecule has 1 aliphatic rings. The van der Waals surface area contributed by atoms with Gasteiger partial charge in [-0.25, -0.2) is 4.98 Å². The van der Waals surface area contributed by atoms with Crippen molar-refractivity contribution in [3.8, 4) is 22.8 Å². The molecule has 2 atom stereocenters. The Morgan fingerprint density at radius 3 is 2.61 bits per heavy atom. The van der Waals surface area contributed by atoms with E-state index >= 15 is 0 Å². The van der Waals surface area contributed by atoms with Crippen molar-refractivity contribution in [2.45, 2.75) is 19.1 Å². The molecular formula is C21H17N3O3S. The second kappa shape index (κ2) is 6.69. The van der Waals surface area contributed by atoms with Crippen LogP contribution in [0.1, 0.15) is 6.92 Å². The van der Waals surface area contributed by atoms with Crippen LogP contribution in [-0.4, -0.2) is 27.5 Å². The number of thiazole rings is 1. The largest absolute Gasteiger partial charge is 0.482 e. The van der Waals surface area contributed by atoms with E-state index in [4.69, 9.17) is 9.47 Å². The zero-order chi connectivity index (χ0) is 19.1. The quantitative estimate of drug-likeness (QED) is 0.568. The second-order valence-corrected chi connectivity index (χ2v) is 7.47. The molecule has 140 valence electrons. The Labute approximate surface area is 165 Å². The lowest BCUT2D eigenvalue weighted by atomic mass is 10.1. The van der Waals surface area contributed by atoms with Gasteiger partial charge in [0, 0.05) is 29.0 Å². The fourth-order valence-corrected chi connectivity index (χ4v) is 3.91. The minimum atomic E-state index is -0.713. The lowest BCUT2D eigenvalue weighted by molar-refractivity contribution is -0.128. The van der Waals surface area contributed by atoms with Gasteiger partial charge in [-0.3, -0.25) is 9.20 Å². The summed E-state index contributed by atoms with van der Waals surface area (Å²) in [4.78, 5) is 18.2. The molecule has 28 heavy (non-hydrogen) atoms. The van der Waals surface area contributed by atoms with Crippen LogP contribution >= 0.6 is 11.3 Å². The van der Waals surface area contributed by atoms with E-state index in [2.05, 4.69) is 10.3 Å². The smallest absolute Gasteiger partial charge is 0.269 e. The highest BCUT2D eigenvalue weighted by atomic mass is 32.1. The first-order valence-corrected chi connectivity index (χ1v) is 9.81. The maximum Gasteiger partial charge on any atom is 0.269 e. The fraction of sp³-hybridized carbons (Fsp3) is 0.143. The van der Waals surface area contributed by atoms with Crippen LogP contribution < -0.4 is 14.8 Å². The lowest BCUT2D eigenvalue weighted by Crippen LogP contribution is -2.46. The molecule has 0 spiro atoms. The summed E-state index contributed by atoms with van der Waals surface area (Å²) in [5, 5.41) is 4.91. The maximum atomic E-state index is 12.7. The van der Waals surface area contributed by atoms with Gasteiger partial charge in [-0.15, -0.1) is 11.3 Å². The van der Waals surface area contributed by atoms with Crippen molar-refractivity contribution in [1.29, 1.82) is 0 Å². The number of nitrogens with zero attached hydrogens (tertiary/aromatic N) is 2. The van der Waals surface area contributed by atoms with Crippen molar-refractivity contribution >= 4 is 27.9 Å². The first kappa shape index (κ1) is 16.8. The molecule has 7 heteroatoms. The van der Waals surface area contributed by atoms with E-state index in [9.17, 15) is 4.79 Å². The number of carbonyl (C=O) groups is 1. The zero-order valence-corrected chi connectivity index (χ0v) is 15.8. The summed E-state index contributed by atoms with van der Waals surface area (Å²) in [6, 6.07) is 15.0. The van der Waals surface area contributed by atoms with Crippen molar-refractivity contribution in [1.82, 2.24) is 9.38 Å². The molecule has 1 aliphatic heterocycles. The molecule has 5 rings (SSSR count). The van der Waals surface area contributed by atoms with Crippen molar-refractivity contribution in [3.05, 3.63) is 66.3 Å². The van der Waals surface area contributed by atoms with Gasteiger partial charge in [-0.05, 0) is 31.2 Å².